The van der Waals surface area contributed by atoms with Crippen LogP contribution in [-0.2, 0) is 65.2 Å². The number of aryl methyl sites for hydroxylation is 1. The Labute approximate surface area is 455 Å². The molecule has 1 fully saturated rings. The fourth-order valence-electron chi connectivity index (χ4n) is 9.68. The number of Topliss-reactive ketones (excluding diaryl/α,β-unsaturated/α-hetero) is 1. The number of aromatic nitrogens is 2. The number of rotatable bonds is 21. The number of nitrogens with zero attached hydrogens (tertiary/aromatic N) is 4. The van der Waals surface area contributed by atoms with Gasteiger partial charge in [0.2, 0.25) is 17.7 Å². The number of ether oxygens (including phenoxy) is 3. The lowest BCUT2D eigenvalue weighted by Gasteiger charge is -2.31. The third kappa shape index (κ3) is 12.9. The lowest BCUT2D eigenvalue weighted by atomic mass is 9.86. The molecule has 3 aliphatic rings. The van der Waals surface area contributed by atoms with Crippen LogP contribution < -0.4 is 37.3 Å². The van der Waals surface area contributed by atoms with Gasteiger partial charge in [-0.1, -0.05) is 53.7 Å². The highest BCUT2D eigenvalue weighted by atomic mass is 32.2. The summed E-state index contributed by atoms with van der Waals surface area (Å²) in [5.74, 6) is -2.42. The number of hydrogen-bond donors (Lipinski definition) is 6. The molecule has 0 spiro atoms. The summed E-state index contributed by atoms with van der Waals surface area (Å²) < 4.78 is 18.1. The van der Waals surface area contributed by atoms with Crippen LogP contribution in [-0.4, -0.2) is 128 Å². The number of aliphatic hydroxyl groups is 1. The predicted molar refractivity (Wildman–Crippen MR) is 290 cm³/mol. The number of anilines is 1. The summed E-state index contributed by atoms with van der Waals surface area (Å²) in [7, 11) is 3.06. The Hall–Kier alpha value is -7.53. The Morgan fingerprint density at radius 1 is 0.910 bits per heavy atom. The quantitative estimate of drug-likeness (QED) is 0.0423. The van der Waals surface area contributed by atoms with E-state index in [2.05, 4.69) is 21.3 Å². The van der Waals surface area contributed by atoms with E-state index in [4.69, 9.17) is 24.9 Å². The van der Waals surface area contributed by atoms with Crippen molar-refractivity contribution in [1.29, 1.82) is 0 Å². The number of urea groups is 1. The average molecular weight is 1100 g/mol. The molecule has 7 N–H and O–H groups in total. The molecule has 0 radical (unpaired) electrons. The molecule has 2 unspecified atom stereocenters. The highest BCUT2D eigenvalue weighted by molar-refractivity contribution is 8.02. The molecule has 0 saturated carbocycles. The number of benzene rings is 2. The van der Waals surface area contributed by atoms with E-state index < -0.39 is 58.9 Å². The van der Waals surface area contributed by atoms with Crippen molar-refractivity contribution in [3.63, 3.8) is 0 Å². The predicted octanol–water partition coefficient (Wildman–Crippen LogP) is 4.84. The third-order valence-corrected chi connectivity index (χ3v) is 15.9. The van der Waals surface area contributed by atoms with Crippen molar-refractivity contribution < 1.29 is 57.7 Å². The summed E-state index contributed by atoms with van der Waals surface area (Å²) in [6.07, 6.45) is 0.752. The average Bonchev–Trinajstić information content (AvgIpc) is 4.06. The number of ketones is 1. The number of carbonyl (C=O) groups is 8. The highest BCUT2D eigenvalue weighted by Crippen LogP contribution is 2.41. The molecule has 418 valence electrons. The van der Waals surface area contributed by atoms with E-state index in [0.29, 0.717) is 47.4 Å². The van der Waals surface area contributed by atoms with Gasteiger partial charge in [-0.3, -0.25) is 24.0 Å². The Morgan fingerprint density at radius 2 is 1.60 bits per heavy atom. The molecule has 7 rings (SSSR count). The molecule has 0 bridgehead atoms. The summed E-state index contributed by atoms with van der Waals surface area (Å²) in [6, 6.07) is 10.5. The Morgan fingerprint density at radius 3 is 2.26 bits per heavy atom. The van der Waals surface area contributed by atoms with Gasteiger partial charge in [0.15, 0.2) is 5.60 Å². The van der Waals surface area contributed by atoms with Crippen LogP contribution >= 0.6 is 11.8 Å². The lowest BCUT2D eigenvalue weighted by molar-refractivity contribution is -0.172. The second kappa shape index (κ2) is 24.9. The van der Waals surface area contributed by atoms with Crippen LogP contribution in [0.15, 0.2) is 53.3 Å². The molecule has 1 saturated heterocycles. The second-order valence-corrected chi connectivity index (χ2v) is 21.9. The Kier molecular flexibility index (Phi) is 18.5. The van der Waals surface area contributed by atoms with Crippen molar-refractivity contribution in [2.75, 3.05) is 39.0 Å². The van der Waals surface area contributed by atoms with Crippen LogP contribution in [0.3, 0.4) is 0 Å². The van der Waals surface area contributed by atoms with Crippen LogP contribution in [0, 0.1) is 11.8 Å². The minimum atomic E-state index is -1.95. The molecule has 7 amide bonds. The molecular weight excluding hydrogens is 1030 g/mol. The van der Waals surface area contributed by atoms with E-state index in [1.807, 2.05) is 20.8 Å². The van der Waals surface area contributed by atoms with Gasteiger partial charge >= 0.3 is 24.2 Å². The molecule has 5 heterocycles. The van der Waals surface area contributed by atoms with Gasteiger partial charge in [0.1, 0.15) is 36.8 Å². The number of thioether (sulfide) groups is 1. The molecule has 22 nitrogen and oxygen atoms in total. The number of amides is 7. The van der Waals surface area contributed by atoms with Gasteiger partial charge in [0.25, 0.3) is 5.56 Å². The van der Waals surface area contributed by atoms with E-state index >= 15 is 0 Å². The summed E-state index contributed by atoms with van der Waals surface area (Å²) >= 11 is 1.31. The van der Waals surface area contributed by atoms with Gasteiger partial charge < -0.3 is 60.7 Å². The molecule has 2 aromatic heterocycles. The molecule has 5 atom stereocenters. The zero-order chi connectivity index (χ0) is 56.7. The molecule has 0 aliphatic carbocycles. The van der Waals surface area contributed by atoms with Crippen LogP contribution in [0.1, 0.15) is 101 Å². The van der Waals surface area contributed by atoms with Gasteiger partial charge in [-0.15, -0.1) is 11.8 Å². The monoisotopic (exact) mass is 1100 g/mol. The number of primary amides is 1. The number of carbonyl (C=O) groups excluding carboxylic acids is 8. The van der Waals surface area contributed by atoms with Crippen molar-refractivity contribution in [2.45, 2.75) is 128 Å². The van der Waals surface area contributed by atoms with Crippen LogP contribution in [0.25, 0.3) is 22.3 Å². The van der Waals surface area contributed by atoms with Crippen LogP contribution in [0.2, 0.25) is 0 Å². The Bertz CT molecular complexity index is 3060. The maximum absolute atomic E-state index is 13.7. The van der Waals surface area contributed by atoms with Gasteiger partial charge in [-0.05, 0) is 92.0 Å². The van der Waals surface area contributed by atoms with Crippen molar-refractivity contribution in [2.24, 2.45) is 17.6 Å². The molecule has 2 aromatic carbocycles. The van der Waals surface area contributed by atoms with E-state index in [-0.39, 0.29) is 110 Å². The number of pyridine rings is 2. The second-order valence-electron chi connectivity index (χ2n) is 20.5. The van der Waals surface area contributed by atoms with Gasteiger partial charge in [0, 0.05) is 61.8 Å². The smallest absolute Gasteiger partial charge is 0.415 e. The first-order valence-corrected chi connectivity index (χ1v) is 27.2. The van der Waals surface area contributed by atoms with Crippen LogP contribution in [0.5, 0.6) is 5.75 Å². The highest BCUT2D eigenvalue weighted by Gasteiger charge is 2.46. The zero-order valence-electron chi connectivity index (χ0n) is 45.2. The summed E-state index contributed by atoms with van der Waals surface area (Å²) in [4.78, 5) is 125. The van der Waals surface area contributed by atoms with Crippen molar-refractivity contribution in [3.05, 3.63) is 86.7 Å². The van der Waals surface area contributed by atoms with Gasteiger partial charge in [0.05, 0.1) is 39.5 Å². The lowest BCUT2D eigenvalue weighted by Crippen LogP contribution is -2.55. The summed E-state index contributed by atoms with van der Waals surface area (Å²) in [6.45, 7) is 11.0. The normalized spacial score (nSPS) is 18.0. The molecule has 23 heteroatoms. The SMILES string of the molecule is CCc1c2c(nc3ccc(OC(=O)N(C)CCN(C)C(=O)OCc4ccc(NC(=O)[C@H](CCCNC(N)=O)NC(=O)[C@@H](NC(=O)C5CCC(C(=O)C(C)C)S5)C(C)C)cc4)cc13)-c1cc3c(c(=O)n1C2)COC(=O)[C@]3(O)CC. The molecule has 3 aliphatic heterocycles. The van der Waals surface area contributed by atoms with Crippen molar-refractivity contribution >= 4 is 76.0 Å². The topological polar surface area (TPSA) is 300 Å². The minimum Gasteiger partial charge on any atom is -0.458 e. The number of fused-ring (bicyclic) bond motifs is 5. The minimum absolute atomic E-state index is 0.0278. The number of hydrogen-bond acceptors (Lipinski definition) is 15. The van der Waals surface area contributed by atoms with E-state index in [0.717, 1.165) is 16.5 Å². The number of esters is 1. The molecular formula is C55H69N9O13S. The summed E-state index contributed by atoms with van der Waals surface area (Å²) in [5.41, 5.74) is 7.72. The van der Waals surface area contributed by atoms with Crippen LogP contribution in [0.4, 0.5) is 20.1 Å². The first-order chi connectivity index (χ1) is 37.0. The Balaban J connectivity index is 0.899. The zero-order valence-corrected chi connectivity index (χ0v) is 46.0. The number of nitrogens with one attached hydrogen (secondary N) is 4. The standard InChI is InChI=1S/C55H69N9O13S/c1-9-34-35-24-33(17-18-39(35)59-45-36(34)26-64-41(45)25-38-37(50(64)69)28-75-51(70)55(38,74)10-2)77-54(73)63(8)23-22-62(7)53(72)76-27-31-13-15-32(16-14-31)58-47(66)40(12-11-21-57-52(56)71)60-49(68)44(29(3)4)61-48(67)43-20-19-42(78-43)46(65)30(5)6/h13-18,24-25,29-30,40,42-44,74H,9-12,19-23,26-28H2,1-8H3,(H,58,66)(H,60,68)(H,61,67)(H3,56,57,71)/t40-,42?,43?,44-,55-/m0/s1. The number of likely N-dealkylation sites (N-methyl/N-ethyl adjacent to an activating group) is 2. The fraction of sp³-hybridized carbons (Fsp3) is 0.491. The van der Waals surface area contributed by atoms with Gasteiger partial charge in [-0.25, -0.2) is 24.2 Å². The first-order valence-electron chi connectivity index (χ1n) is 26.2. The van der Waals surface area contributed by atoms with Crippen molar-refractivity contribution in [3.8, 4) is 17.1 Å². The van der Waals surface area contributed by atoms with Gasteiger partial charge in [-0.2, -0.15) is 0 Å². The van der Waals surface area contributed by atoms with Crippen molar-refractivity contribution in [1.82, 2.24) is 35.3 Å². The maximum atomic E-state index is 13.7. The third-order valence-electron chi connectivity index (χ3n) is 14.4. The molecule has 78 heavy (non-hydrogen) atoms. The van der Waals surface area contributed by atoms with E-state index in [1.165, 1.54) is 35.7 Å². The molecule has 4 aromatic rings. The largest absolute Gasteiger partial charge is 0.458 e. The number of nitrogens with two attached hydrogens (primary N) is 1. The van der Waals surface area contributed by atoms with E-state index in [9.17, 15) is 48.3 Å². The fourth-order valence-corrected chi connectivity index (χ4v) is 11.2. The number of cyclic esters (lactones) is 1. The first kappa shape index (κ1) is 58.2. The van der Waals surface area contributed by atoms with E-state index in [1.54, 1.807) is 73.9 Å². The summed E-state index contributed by atoms with van der Waals surface area (Å²) in [5, 5.41) is 22.1. The maximum Gasteiger partial charge on any atom is 0.415 e.